The molecule has 0 aliphatic carbocycles. The molecule has 2 heteroatoms. The summed E-state index contributed by atoms with van der Waals surface area (Å²) < 4.78 is 0. The molecule has 0 spiro atoms. The van der Waals surface area contributed by atoms with Crippen LogP contribution in [0, 0.1) is 25.7 Å². The van der Waals surface area contributed by atoms with Crippen LogP contribution in [0.2, 0.25) is 5.02 Å². The zero-order valence-corrected chi connectivity index (χ0v) is 10.7. The highest BCUT2D eigenvalue weighted by Crippen LogP contribution is 2.19. The van der Waals surface area contributed by atoms with Gasteiger partial charge in [-0.2, -0.15) is 0 Å². The summed E-state index contributed by atoms with van der Waals surface area (Å²) in [5, 5.41) is 1.71. The van der Waals surface area contributed by atoms with Crippen molar-refractivity contribution < 1.29 is 0 Å². The maximum Gasteiger partial charge on any atom is 0.0412 e. The fraction of sp³-hybridized carbons (Fsp3) is 0.333. The Morgan fingerprint density at radius 3 is 2.36 bits per heavy atom. The molecule has 0 aliphatic heterocycles. The Morgan fingerprint density at radius 1 is 1.29 bits per heavy atom. The van der Waals surface area contributed by atoms with E-state index in [2.05, 4.69) is 27.8 Å². The van der Waals surface area contributed by atoms with Crippen molar-refractivity contribution in [1.82, 2.24) is 0 Å². The van der Waals surface area contributed by atoms with Crippen LogP contribution in [0.4, 0.5) is 0 Å². The van der Waals surface area contributed by atoms with E-state index in [1.54, 1.807) is 0 Å². The van der Waals surface area contributed by atoms with Crippen LogP contribution >= 0.6 is 27.5 Å². The molecule has 74 valence electrons. The largest absolute Gasteiger partial charge is 0.0970 e. The Hall–Kier alpha value is -0.450. The van der Waals surface area contributed by atoms with Crippen LogP contribution in [0.15, 0.2) is 12.1 Å². The van der Waals surface area contributed by atoms with E-state index in [1.807, 2.05) is 26.0 Å². The standard InChI is InChI=1S/C12H12BrCl/c1-9-7-11(14)8-10(2)12(9)5-3-4-6-13/h7-8H,4,6H2,1-2H3. The van der Waals surface area contributed by atoms with Crippen LogP contribution in [0.25, 0.3) is 0 Å². The van der Waals surface area contributed by atoms with Crippen LogP contribution in [0.3, 0.4) is 0 Å². The molecule has 0 amide bonds. The predicted octanol–water partition coefficient (Wildman–Crippen LogP) is 4.09. The zero-order valence-electron chi connectivity index (χ0n) is 8.32. The minimum atomic E-state index is 0.783. The Labute approximate surface area is 98.8 Å². The van der Waals surface area contributed by atoms with Crippen molar-refractivity contribution in [3.63, 3.8) is 0 Å². The Kier molecular flexibility index (Phi) is 4.51. The quantitative estimate of drug-likeness (QED) is 0.533. The number of alkyl halides is 1. The van der Waals surface area contributed by atoms with Crippen molar-refractivity contribution in [2.24, 2.45) is 0 Å². The van der Waals surface area contributed by atoms with Crippen molar-refractivity contribution in [2.45, 2.75) is 20.3 Å². The minimum Gasteiger partial charge on any atom is -0.0970 e. The average Bonchev–Trinajstić information content (AvgIpc) is 2.09. The van der Waals surface area contributed by atoms with Gasteiger partial charge in [-0.25, -0.2) is 0 Å². The minimum absolute atomic E-state index is 0.783. The van der Waals surface area contributed by atoms with Gasteiger partial charge in [0.2, 0.25) is 0 Å². The highest BCUT2D eigenvalue weighted by Gasteiger charge is 2.00. The third kappa shape index (κ3) is 3.04. The summed E-state index contributed by atoms with van der Waals surface area (Å²) in [6, 6.07) is 3.90. The molecule has 14 heavy (non-hydrogen) atoms. The van der Waals surface area contributed by atoms with Crippen LogP contribution in [-0.4, -0.2) is 5.33 Å². The van der Waals surface area contributed by atoms with Crippen molar-refractivity contribution in [3.8, 4) is 11.8 Å². The molecule has 0 unspecified atom stereocenters. The first-order chi connectivity index (χ1) is 6.65. The number of hydrogen-bond donors (Lipinski definition) is 0. The van der Waals surface area contributed by atoms with Crippen LogP contribution in [0.5, 0.6) is 0 Å². The molecular weight excluding hydrogens is 259 g/mol. The number of rotatable bonds is 1. The van der Waals surface area contributed by atoms with Gasteiger partial charge in [0.25, 0.3) is 0 Å². The van der Waals surface area contributed by atoms with Gasteiger partial charge in [0.05, 0.1) is 0 Å². The van der Waals surface area contributed by atoms with Crippen LogP contribution in [-0.2, 0) is 0 Å². The topological polar surface area (TPSA) is 0 Å². The normalized spacial score (nSPS) is 9.43. The highest BCUT2D eigenvalue weighted by atomic mass is 79.9. The summed E-state index contributed by atoms with van der Waals surface area (Å²) in [5.74, 6) is 6.28. The van der Waals surface area contributed by atoms with Crippen molar-refractivity contribution in [2.75, 3.05) is 5.33 Å². The molecule has 0 aliphatic rings. The van der Waals surface area contributed by atoms with Crippen molar-refractivity contribution in [3.05, 3.63) is 33.8 Å². The smallest absolute Gasteiger partial charge is 0.0412 e. The molecule has 0 fully saturated rings. The molecule has 0 saturated carbocycles. The van der Waals surface area contributed by atoms with Crippen LogP contribution in [0.1, 0.15) is 23.1 Å². The maximum absolute atomic E-state index is 5.93. The first-order valence-electron chi connectivity index (χ1n) is 4.46. The molecule has 0 N–H and O–H groups in total. The van der Waals surface area contributed by atoms with Gasteiger partial charge in [0, 0.05) is 22.3 Å². The Morgan fingerprint density at radius 2 is 1.86 bits per heavy atom. The summed E-state index contributed by atoms with van der Waals surface area (Å²) in [6.45, 7) is 4.08. The molecule has 0 atom stereocenters. The highest BCUT2D eigenvalue weighted by molar-refractivity contribution is 9.09. The van der Waals surface area contributed by atoms with Crippen molar-refractivity contribution >= 4 is 27.5 Å². The third-order valence-electron chi connectivity index (χ3n) is 1.93. The van der Waals surface area contributed by atoms with Gasteiger partial charge in [-0.15, -0.1) is 0 Å². The molecule has 1 rings (SSSR count). The first-order valence-corrected chi connectivity index (χ1v) is 5.96. The third-order valence-corrected chi connectivity index (χ3v) is 2.55. The van der Waals surface area contributed by atoms with E-state index in [1.165, 1.54) is 0 Å². The zero-order chi connectivity index (χ0) is 10.6. The number of halogens is 2. The van der Waals surface area contributed by atoms with E-state index in [4.69, 9.17) is 11.6 Å². The van der Waals surface area contributed by atoms with Gasteiger partial charge < -0.3 is 0 Å². The van der Waals surface area contributed by atoms with Gasteiger partial charge >= 0.3 is 0 Å². The predicted molar refractivity (Wildman–Crippen MR) is 66.2 cm³/mol. The van der Waals surface area contributed by atoms with E-state index in [9.17, 15) is 0 Å². The molecule has 1 aromatic carbocycles. The summed E-state index contributed by atoms with van der Waals surface area (Å²) in [6.07, 6.45) is 0.876. The molecule has 0 radical (unpaired) electrons. The van der Waals surface area contributed by atoms with E-state index >= 15 is 0 Å². The second-order valence-corrected chi connectivity index (χ2v) is 4.38. The van der Waals surface area contributed by atoms with Gasteiger partial charge in [0.1, 0.15) is 0 Å². The lowest BCUT2D eigenvalue weighted by molar-refractivity contribution is 1.30. The fourth-order valence-corrected chi connectivity index (χ4v) is 1.83. The summed E-state index contributed by atoms with van der Waals surface area (Å²) in [7, 11) is 0. The monoisotopic (exact) mass is 270 g/mol. The first kappa shape index (κ1) is 11.6. The van der Waals surface area contributed by atoms with E-state index in [0.29, 0.717) is 0 Å². The number of aryl methyl sites for hydroxylation is 2. The van der Waals surface area contributed by atoms with Gasteiger partial charge in [0.15, 0.2) is 0 Å². The lowest BCUT2D eigenvalue weighted by Crippen LogP contribution is -1.87. The van der Waals surface area contributed by atoms with Crippen LogP contribution < -0.4 is 0 Å². The average molecular weight is 272 g/mol. The Bertz CT molecular complexity index is 362. The SMILES string of the molecule is Cc1cc(Cl)cc(C)c1C#CCCBr. The lowest BCUT2D eigenvalue weighted by atomic mass is 10.0. The molecule has 0 saturated heterocycles. The molecule has 1 aromatic rings. The number of benzene rings is 1. The van der Waals surface area contributed by atoms with Gasteiger partial charge in [-0.3, -0.25) is 0 Å². The van der Waals surface area contributed by atoms with E-state index < -0.39 is 0 Å². The molecule has 0 aromatic heterocycles. The molecule has 0 nitrogen and oxygen atoms in total. The maximum atomic E-state index is 5.93. The summed E-state index contributed by atoms with van der Waals surface area (Å²) in [5.41, 5.74) is 3.41. The van der Waals surface area contributed by atoms with Crippen molar-refractivity contribution in [1.29, 1.82) is 0 Å². The lowest BCUT2D eigenvalue weighted by Gasteiger charge is -2.03. The second kappa shape index (κ2) is 5.44. The molecule has 0 heterocycles. The molecular formula is C12H12BrCl. The summed E-state index contributed by atoms with van der Waals surface area (Å²) in [4.78, 5) is 0. The molecule has 0 bridgehead atoms. The number of hydrogen-bond acceptors (Lipinski definition) is 0. The summed E-state index contributed by atoms with van der Waals surface area (Å²) >= 11 is 9.28. The van der Waals surface area contributed by atoms with E-state index in [-0.39, 0.29) is 0 Å². The Balaban J connectivity index is 3.04. The second-order valence-electron chi connectivity index (χ2n) is 3.16. The van der Waals surface area contributed by atoms with Gasteiger partial charge in [-0.1, -0.05) is 39.4 Å². The fourth-order valence-electron chi connectivity index (χ4n) is 1.31. The van der Waals surface area contributed by atoms with Gasteiger partial charge in [-0.05, 0) is 37.1 Å². The van der Waals surface area contributed by atoms with E-state index in [0.717, 1.165) is 33.5 Å².